The molecular weight excluding hydrogens is 186 g/mol. The number of rotatable bonds is 1. The Kier molecular flexibility index (Phi) is 2.03. The fourth-order valence-electron chi connectivity index (χ4n) is 1.32. The van der Waals surface area contributed by atoms with E-state index in [-0.39, 0.29) is 0 Å². The lowest BCUT2D eigenvalue weighted by atomic mass is 10.3. The summed E-state index contributed by atoms with van der Waals surface area (Å²) in [4.78, 5) is 1.87. The fourth-order valence-corrected chi connectivity index (χ4v) is 2.28. The molecule has 0 aliphatic carbocycles. The second kappa shape index (κ2) is 3.06. The van der Waals surface area contributed by atoms with Gasteiger partial charge in [-0.2, -0.15) is 0 Å². The maximum absolute atomic E-state index is 7.68. The van der Waals surface area contributed by atoms with Crippen LogP contribution in [0.3, 0.4) is 0 Å². The number of nitrogens with one attached hydrogen (secondary N) is 1. The maximum Gasteiger partial charge on any atom is 0.233 e. The average Bonchev–Trinajstić information content (AvgIpc) is 2.60. The molecule has 13 heavy (non-hydrogen) atoms. The molecule has 2 rings (SSSR count). The molecule has 0 radical (unpaired) electrons. The van der Waals surface area contributed by atoms with Crippen LogP contribution in [0, 0.1) is 12.3 Å². The van der Waals surface area contributed by atoms with Gasteiger partial charge in [0.05, 0.1) is 5.69 Å². The topological polar surface area (TPSA) is 53.1 Å². The highest BCUT2D eigenvalue weighted by Gasteiger charge is 2.29. The molecule has 1 fully saturated rings. The Morgan fingerprint density at radius 1 is 1.77 bits per heavy atom. The van der Waals surface area contributed by atoms with Gasteiger partial charge >= 0.3 is 0 Å². The molecule has 4 nitrogen and oxygen atoms in total. The standard InChI is InChI=1S/C8H11N3OS/c1-5-3-7(12-10-5)11-6(2)4-13-8(11)9/h3,6,9H,4H2,1-2H3. The molecule has 70 valence electrons. The van der Waals surface area contributed by atoms with Crippen molar-refractivity contribution in [1.82, 2.24) is 5.16 Å². The summed E-state index contributed by atoms with van der Waals surface area (Å²) >= 11 is 1.54. The minimum Gasteiger partial charge on any atom is -0.338 e. The number of anilines is 1. The largest absolute Gasteiger partial charge is 0.338 e. The van der Waals surface area contributed by atoms with E-state index in [4.69, 9.17) is 9.93 Å². The molecule has 1 aromatic rings. The first-order chi connectivity index (χ1) is 6.18. The number of amidine groups is 1. The van der Waals surface area contributed by atoms with E-state index < -0.39 is 0 Å². The first-order valence-corrected chi connectivity index (χ1v) is 5.11. The molecule has 2 heterocycles. The molecule has 1 N–H and O–H groups in total. The fraction of sp³-hybridized carbons (Fsp3) is 0.500. The Balaban J connectivity index is 2.29. The van der Waals surface area contributed by atoms with Crippen molar-refractivity contribution in [3.05, 3.63) is 11.8 Å². The smallest absolute Gasteiger partial charge is 0.233 e. The van der Waals surface area contributed by atoms with Crippen molar-refractivity contribution in [1.29, 1.82) is 5.41 Å². The minimum atomic E-state index is 0.324. The van der Waals surface area contributed by atoms with E-state index in [0.717, 1.165) is 11.4 Å². The summed E-state index contributed by atoms with van der Waals surface area (Å²) < 4.78 is 5.11. The van der Waals surface area contributed by atoms with Crippen LogP contribution in [0.2, 0.25) is 0 Å². The van der Waals surface area contributed by atoms with Gasteiger partial charge in [0, 0.05) is 17.9 Å². The molecule has 1 aliphatic heterocycles. The molecule has 1 aromatic heterocycles. The summed E-state index contributed by atoms with van der Waals surface area (Å²) in [5.74, 6) is 1.62. The van der Waals surface area contributed by atoms with Crippen molar-refractivity contribution in [2.75, 3.05) is 10.7 Å². The number of thioether (sulfide) groups is 1. The molecular formula is C8H11N3OS. The van der Waals surface area contributed by atoms with Crippen LogP contribution in [0.5, 0.6) is 0 Å². The van der Waals surface area contributed by atoms with E-state index >= 15 is 0 Å². The van der Waals surface area contributed by atoms with Crippen molar-refractivity contribution in [3.63, 3.8) is 0 Å². The monoisotopic (exact) mass is 197 g/mol. The lowest BCUT2D eigenvalue weighted by molar-refractivity contribution is 0.417. The summed E-state index contributed by atoms with van der Waals surface area (Å²) in [6, 6.07) is 2.18. The van der Waals surface area contributed by atoms with Gasteiger partial charge in [-0.25, -0.2) is 0 Å². The Labute approximate surface area is 80.8 Å². The van der Waals surface area contributed by atoms with Crippen LogP contribution in [0.1, 0.15) is 12.6 Å². The Morgan fingerprint density at radius 2 is 2.54 bits per heavy atom. The van der Waals surface area contributed by atoms with Crippen LogP contribution >= 0.6 is 11.8 Å². The number of hydrogen-bond donors (Lipinski definition) is 1. The van der Waals surface area contributed by atoms with Gasteiger partial charge in [0.1, 0.15) is 0 Å². The zero-order valence-corrected chi connectivity index (χ0v) is 8.39. The molecule has 0 amide bonds. The van der Waals surface area contributed by atoms with Crippen LogP contribution in [0.25, 0.3) is 0 Å². The SMILES string of the molecule is Cc1cc(N2C(=N)SCC2C)on1. The van der Waals surface area contributed by atoms with Gasteiger partial charge in [-0.1, -0.05) is 16.9 Å². The van der Waals surface area contributed by atoms with Crippen molar-refractivity contribution >= 4 is 22.8 Å². The Bertz CT molecular complexity index is 336. The number of nitrogens with zero attached hydrogens (tertiary/aromatic N) is 2. The van der Waals surface area contributed by atoms with E-state index in [0.29, 0.717) is 17.1 Å². The van der Waals surface area contributed by atoms with E-state index in [1.165, 1.54) is 11.8 Å². The van der Waals surface area contributed by atoms with Gasteiger partial charge in [-0.3, -0.25) is 10.3 Å². The predicted octanol–water partition coefficient (Wildman–Crippen LogP) is 1.86. The van der Waals surface area contributed by atoms with Crippen molar-refractivity contribution in [2.45, 2.75) is 19.9 Å². The molecule has 1 aliphatic rings. The van der Waals surface area contributed by atoms with Crippen LogP contribution < -0.4 is 4.90 Å². The van der Waals surface area contributed by atoms with Gasteiger partial charge < -0.3 is 4.52 Å². The molecule has 0 saturated carbocycles. The lowest BCUT2D eigenvalue weighted by Gasteiger charge is -2.17. The first-order valence-electron chi connectivity index (χ1n) is 4.12. The predicted molar refractivity (Wildman–Crippen MR) is 53.4 cm³/mol. The van der Waals surface area contributed by atoms with Gasteiger partial charge in [-0.05, 0) is 13.8 Å². The third-order valence-electron chi connectivity index (χ3n) is 1.97. The van der Waals surface area contributed by atoms with E-state index in [1.807, 2.05) is 17.9 Å². The highest BCUT2D eigenvalue weighted by molar-refractivity contribution is 8.14. The van der Waals surface area contributed by atoms with Crippen molar-refractivity contribution in [3.8, 4) is 0 Å². The summed E-state index contributed by atoms with van der Waals surface area (Å²) in [5, 5.41) is 12.0. The third-order valence-corrected chi connectivity index (χ3v) is 3.09. The summed E-state index contributed by atoms with van der Waals surface area (Å²) in [5.41, 5.74) is 0.854. The van der Waals surface area contributed by atoms with Crippen LogP contribution in [-0.2, 0) is 0 Å². The molecule has 1 unspecified atom stereocenters. The lowest BCUT2D eigenvalue weighted by Crippen LogP contribution is -2.30. The van der Waals surface area contributed by atoms with Gasteiger partial charge in [0.15, 0.2) is 5.17 Å². The van der Waals surface area contributed by atoms with Gasteiger partial charge in [0.25, 0.3) is 0 Å². The molecule has 0 bridgehead atoms. The highest BCUT2D eigenvalue weighted by Crippen LogP contribution is 2.29. The highest BCUT2D eigenvalue weighted by atomic mass is 32.2. The molecule has 0 spiro atoms. The number of hydrogen-bond acceptors (Lipinski definition) is 4. The Hall–Kier alpha value is -0.970. The minimum absolute atomic E-state index is 0.324. The summed E-state index contributed by atoms with van der Waals surface area (Å²) in [6.07, 6.45) is 0. The summed E-state index contributed by atoms with van der Waals surface area (Å²) in [7, 11) is 0. The number of aryl methyl sites for hydroxylation is 1. The summed E-state index contributed by atoms with van der Waals surface area (Å²) in [6.45, 7) is 3.96. The third kappa shape index (κ3) is 1.44. The van der Waals surface area contributed by atoms with Crippen molar-refractivity contribution < 1.29 is 4.52 Å². The molecule has 5 heteroatoms. The maximum atomic E-state index is 7.68. The van der Waals surface area contributed by atoms with E-state index in [9.17, 15) is 0 Å². The molecule has 1 saturated heterocycles. The van der Waals surface area contributed by atoms with Gasteiger partial charge in [0.2, 0.25) is 5.88 Å². The van der Waals surface area contributed by atoms with Crippen LogP contribution in [-0.4, -0.2) is 22.1 Å². The normalized spacial score (nSPS) is 22.8. The van der Waals surface area contributed by atoms with Gasteiger partial charge in [-0.15, -0.1) is 0 Å². The average molecular weight is 197 g/mol. The zero-order chi connectivity index (χ0) is 9.42. The van der Waals surface area contributed by atoms with E-state index in [2.05, 4.69) is 12.1 Å². The Morgan fingerprint density at radius 3 is 3.00 bits per heavy atom. The van der Waals surface area contributed by atoms with Crippen molar-refractivity contribution in [2.24, 2.45) is 0 Å². The molecule has 1 atom stereocenters. The van der Waals surface area contributed by atoms with Crippen LogP contribution in [0.15, 0.2) is 10.6 Å². The quantitative estimate of drug-likeness (QED) is 0.746. The number of aromatic nitrogens is 1. The second-order valence-electron chi connectivity index (χ2n) is 3.14. The van der Waals surface area contributed by atoms with Crippen LogP contribution in [0.4, 0.5) is 5.88 Å². The zero-order valence-electron chi connectivity index (χ0n) is 7.57. The van der Waals surface area contributed by atoms with E-state index in [1.54, 1.807) is 0 Å². The molecule has 0 aromatic carbocycles. The second-order valence-corrected chi connectivity index (χ2v) is 4.15. The first kappa shape index (κ1) is 8.62.